The number of nitrogens with zero attached hydrogens (tertiary/aromatic N) is 2. The Labute approximate surface area is 135 Å². The zero-order chi connectivity index (χ0) is 16.7. The third kappa shape index (κ3) is 5.78. The molecule has 1 heterocycles. The van der Waals surface area contributed by atoms with E-state index in [2.05, 4.69) is 4.90 Å². The second-order valence-electron chi connectivity index (χ2n) is 5.67. The lowest BCUT2D eigenvalue weighted by molar-refractivity contribution is 0.0283. The number of morpholine rings is 1. The third-order valence-electron chi connectivity index (χ3n) is 4.01. The molecular formula is C16H24F2N2O3. The summed E-state index contributed by atoms with van der Waals surface area (Å²) in [5.74, 6) is -1.90. The van der Waals surface area contributed by atoms with Crippen molar-refractivity contribution in [3.8, 4) is 0 Å². The summed E-state index contributed by atoms with van der Waals surface area (Å²) < 4.78 is 31.5. The molecule has 1 unspecified atom stereocenters. The zero-order valence-electron chi connectivity index (χ0n) is 13.1. The highest BCUT2D eigenvalue weighted by molar-refractivity contribution is 5.20. The van der Waals surface area contributed by atoms with E-state index in [1.54, 1.807) is 0 Å². The van der Waals surface area contributed by atoms with Crippen LogP contribution in [0.5, 0.6) is 0 Å². The topological polar surface area (TPSA) is 56.2 Å². The number of rotatable bonds is 8. The minimum atomic E-state index is -0.969. The van der Waals surface area contributed by atoms with E-state index in [1.807, 2.05) is 4.90 Å². The minimum absolute atomic E-state index is 0.0202. The SMILES string of the molecule is OCCN(CCN1CCOCC1)CC(O)c1ccc(F)c(F)c1. The molecule has 0 saturated carbocycles. The predicted octanol–water partition coefficient (Wildman–Crippen LogP) is 0.625. The Morgan fingerprint density at radius 1 is 1.17 bits per heavy atom. The van der Waals surface area contributed by atoms with Gasteiger partial charge in [0.05, 0.1) is 25.9 Å². The lowest BCUT2D eigenvalue weighted by atomic mass is 10.1. The first kappa shape index (κ1) is 18.2. The Kier molecular flexibility index (Phi) is 7.32. The largest absolute Gasteiger partial charge is 0.395 e. The highest BCUT2D eigenvalue weighted by Crippen LogP contribution is 2.17. The molecule has 0 bridgehead atoms. The van der Waals surface area contributed by atoms with Gasteiger partial charge in [0.1, 0.15) is 0 Å². The Morgan fingerprint density at radius 3 is 2.57 bits per heavy atom. The molecule has 1 saturated heterocycles. The number of halogens is 2. The second-order valence-corrected chi connectivity index (χ2v) is 5.67. The molecule has 0 aliphatic carbocycles. The molecule has 7 heteroatoms. The fourth-order valence-electron chi connectivity index (χ4n) is 2.61. The van der Waals surface area contributed by atoms with E-state index in [9.17, 15) is 19.0 Å². The van der Waals surface area contributed by atoms with Gasteiger partial charge in [-0.2, -0.15) is 0 Å². The molecule has 0 aromatic heterocycles. The van der Waals surface area contributed by atoms with Crippen LogP contribution in [0.2, 0.25) is 0 Å². The maximum absolute atomic E-state index is 13.3. The van der Waals surface area contributed by atoms with Crippen LogP contribution < -0.4 is 0 Å². The lowest BCUT2D eigenvalue weighted by Crippen LogP contribution is -2.43. The predicted molar refractivity (Wildman–Crippen MR) is 82.1 cm³/mol. The Morgan fingerprint density at radius 2 is 1.91 bits per heavy atom. The molecule has 2 rings (SSSR count). The van der Waals surface area contributed by atoms with Crippen LogP contribution >= 0.6 is 0 Å². The van der Waals surface area contributed by atoms with E-state index in [-0.39, 0.29) is 13.2 Å². The van der Waals surface area contributed by atoms with E-state index in [0.717, 1.165) is 45.0 Å². The van der Waals surface area contributed by atoms with Crippen LogP contribution in [0.15, 0.2) is 18.2 Å². The summed E-state index contributed by atoms with van der Waals surface area (Å²) in [7, 11) is 0. The summed E-state index contributed by atoms with van der Waals surface area (Å²) in [6.07, 6.45) is -0.929. The highest BCUT2D eigenvalue weighted by atomic mass is 19.2. The monoisotopic (exact) mass is 330 g/mol. The molecule has 1 aliphatic heterocycles. The fourth-order valence-corrected chi connectivity index (χ4v) is 2.61. The normalized spacial score (nSPS) is 17.6. The maximum Gasteiger partial charge on any atom is 0.159 e. The number of hydrogen-bond acceptors (Lipinski definition) is 5. The van der Waals surface area contributed by atoms with Crippen LogP contribution in [0.3, 0.4) is 0 Å². The summed E-state index contributed by atoms with van der Waals surface area (Å²) in [6, 6.07) is 3.40. The smallest absolute Gasteiger partial charge is 0.159 e. The van der Waals surface area contributed by atoms with Crippen molar-refractivity contribution in [2.24, 2.45) is 0 Å². The van der Waals surface area contributed by atoms with Gasteiger partial charge in [-0.1, -0.05) is 6.07 Å². The lowest BCUT2D eigenvalue weighted by Gasteiger charge is -2.30. The van der Waals surface area contributed by atoms with Crippen molar-refractivity contribution >= 4 is 0 Å². The number of hydrogen-bond donors (Lipinski definition) is 2. The number of ether oxygens (including phenoxy) is 1. The number of aliphatic hydroxyl groups excluding tert-OH is 2. The number of aliphatic hydroxyl groups is 2. The first-order chi connectivity index (χ1) is 11.1. The van der Waals surface area contributed by atoms with Crippen molar-refractivity contribution in [3.05, 3.63) is 35.4 Å². The molecule has 23 heavy (non-hydrogen) atoms. The molecule has 5 nitrogen and oxygen atoms in total. The van der Waals surface area contributed by atoms with Gasteiger partial charge in [-0.3, -0.25) is 9.80 Å². The molecule has 2 N–H and O–H groups in total. The molecule has 0 spiro atoms. The zero-order valence-corrected chi connectivity index (χ0v) is 13.1. The molecule has 1 fully saturated rings. The van der Waals surface area contributed by atoms with Crippen LogP contribution in [-0.2, 0) is 4.74 Å². The van der Waals surface area contributed by atoms with Crippen molar-refractivity contribution in [3.63, 3.8) is 0 Å². The standard InChI is InChI=1S/C16H24F2N2O3/c17-14-2-1-13(11-15(14)18)16(22)12-20(5-8-21)4-3-19-6-9-23-10-7-19/h1-2,11,16,21-22H,3-10,12H2. The third-order valence-corrected chi connectivity index (χ3v) is 4.01. The van der Waals surface area contributed by atoms with Crippen molar-refractivity contribution in [1.82, 2.24) is 9.80 Å². The molecule has 1 aliphatic rings. The van der Waals surface area contributed by atoms with Gasteiger partial charge in [-0.05, 0) is 17.7 Å². The van der Waals surface area contributed by atoms with Gasteiger partial charge in [-0.25, -0.2) is 8.78 Å². The average molecular weight is 330 g/mol. The second kappa shape index (κ2) is 9.24. The Hall–Kier alpha value is -1.12. The van der Waals surface area contributed by atoms with Gasteiger partial charge in [-0.15, -0.1) is 0 Å². The van der Waals surface area contributed by atoms with E-state index in [4.69, 9.17) is 4.74 Å². The van der Waals surface area contributed by atoms with E-state index in [0.29, 0.717) is 18.7 Å². The van der Waals surface area contributed by atoms with Crippen LogP contribution in [-0.4, -0.2) is 79.1 Å². The molecule has 0 radical (unpaired) electrons. The summed E-state index contributed by atoms with van der Waals surface area (Å²) in [5, 5.41) is 19.4. The summed E-state index contributed by atoms with van der Waals surface area (Å²) in [4.78, 5) is 4.18. The van der Waals surface area contributed by atoms with Crippen LogP contribution in [0.25, 0.3) is 0 Å². The molecule has 1 aromatic rings. The summed E-state index contributed by atoms with van der Waals surface area (Å²) >= 11 is 0. The van der Waals surface area contributed by atoms with E-state index < -0.39 is 17.7 Å². The molecular weight excluding hydrogens is 306 g/mol. The quantitative estimate of drug-likeness (QED) is 0.732. The van der Waals surface area contributed by atoms with E-state index in [1.165, 1.54) is 6.07 Å². The van der Waals surface area contributed by atoms with Crippen LogP contribution in [0.4, 0.5) is 8.78 Å². The maximum atomic E-state index is 13.3. The fraction of sp³-hybridized carbons (Fsp3) is 0.625. The van der Waals surface area contributed by atoms with Crippen molar-refractivity contribution in [2.75, 3.05) is 59.1 Å². The first-order valence-electron chi connectivity index (χ1n) is 7.86. The Bertz CT molecular complexity index is 484. The minimum Gasteiger partial charge on any atom is -0.395 e. The van der Waals surface area contributed by atoms with E-state index >= 15 is 0 Å². The number of benzene rings is 1. The van der Waals surface area contributed by atoms with Gasteiger partial charge in [0.25, 0.3) is 0 Å². The average Bonchev–Trinajstić information content (AvgIpc) is 2.56. The highest BCUT2D eigenvalue weighted by Gasteiger charge is 2.17. The van der Waals surface area contributed by atoms with Crippen molar-refractivity contribution in [1.29, 1.82) is 0 Å². The molecule has 1 aromatic carbocycles. The summed E-state index contributed by atoms with van der Waals surface area (Å²) in [5.41, 5.74) is 0.332. The van der Waals surface area contributed by atoms with Gasteiger partial charge >= 0.3 is 0 Å². The van der Waals surface area contributed by atoms with Gasteiger partial charge in [0, 0.05) is 39.3 Å². The van der Waals surface area contributed by atoms with Gasteiger partial charge in [0.2, 0.25) is 0 Å². The van der Waals surface area contributed by atoms with Crippen LogP contribution in [0, 0.1) is 11.6 Å². The summed E-state index contributed by atoms with van der Waals surface area (Å²) in [6.45, 7) is 5.34. The Balaban J connectivity index is 1.87. The first-order valence-corrected chi connectivity index (χ1v) is 7.86. The molecule has 0 amide bonds. The van der Waals surface area contributed by atoms with Gasteiger partial charge in [0.15, 0.2) is 11.6 Å². The molecule has 130 valence electrons. The van der Waals surface area contributed by atoms with Crippen molar-refractivity contribution in [2.45, 2.75) is 6.10 Å². The van der Waals surface area contributed by atoms with Gasteiger partial charge < -0.3 is 14.9 Å². The molecule has 1 atom stereocenters. The van der Waals surface area contributed by atoms with Crippen LogP contribution in [0.1, 0.15) is 11.7 Å². The van der Waals surface area contributed by atoms with Crippen molar-refractivity contribution < 1.29 is 23.7 Å².